The summed E-state index contributed by atoms with van der Waals surface area (Å²) in [4.78, 5) is 83.0. The van der Waals surface area contributed by atoms with Crippen LogP contribution in [0.2, 0.25) is 0 Å². The van der Waals surface area contributed by atoms with Gasteiger partial charge in [0.25, 0.3) is 0 Å². The lowest BCUT2D eigenvalue weighted by molar-refractivity contribution is -0.249. The number of esters is 3. The molecule has 0 bridgehead atoms. The van der Waals surface area contributed by atoms with E-state index < -0.39 is 46.9 Å². The van der Waals surface area contributed by atoms with Crippen molar-refractivity contribution in [3.8, 4) is 0 Å². The number of methoxy groups -OCH3 is 2. The van der Waals surface area contributed by atoms with Crippen molar-refractivity contribution in [3.05, 3.63) is 48.6 Å². The number of hydrogen-bond donors (Lipinski definition) is 4. The number of nitrogens with one attached hydrogen (secondary N) is 4. The summed E-state index contributed by atoms with van der Waals surface area (Å²) in [5.74, 6) is -1.28. The smallest absolute Gasteiger partial charge is 0.328 e. The van der Waals surface area contributed by atoms with Crippen LogP contribution in [0.15, 0.2) is 37.2 Å². The molecule has 5 aliphatic rings. The van der Waals surface area contributed by atoms with Crippen LogP contribution in [-0.2, 0) is 51.0 Å². The van der Waals surface area contributed by atoms with E-state index in [-0.39, 0.29) is 70.5 Å². The molecule has 2 aromatic rings. The highest BCUT2D eigenvalue weighted by Crippen LogP contribution is 2.77. The van der Waals surface area contributed by atoms with Crippen molar-refractivity contribution in [2.45, 2.75) is 137 Å². The Balaban J connectivity index is 1.20. The number of allylic oxidation sites excluding steroid dienone is 1. The standard InChI is InChI=1S/C46H66N6O8/c1-26(2)30-12-17-46(41(57)52-33(39(55)59-9)21-29-23-48-25-50-29)19-18-43(5)31(37(30)46)10-11-34-42(4)15-14-36(60-27(3)53)45(7,35(42)13-16-44(34,43)6)40(56)51-32(38(54)58-8)20-28-22-47-24-49-28/h22-25,30-37H,1,10-21H2,2-9H3,(H,47,49)(H,48,50)(H,51,56)(H,52,57)/t30-,31+,32-,33-,34+,35+,36+,37+,42+,43+,44+,45-,46-/m0/s1. The van der Waals surface area contributed by atoms with Crippen LogP contribution in [0.5, 0.6) is 0 Å². The summed E-state index contributed by atoms with van der Waals surface area (Å²) in [7, 11) is 2.66. The molecule has 2 aromatic heterocycles. The molecule has 5 aliphatic carbocycles. The zero-order valence-electron chi connectivity index (χ0n) is 36.8. The summed E-state index contributed by atoms with van der Waals surface area (Å²) in [6.07, 6.45) is 14.1. The van der Waals surface area contributed by atoms with Gasteiger partial charge in [0.15, 0.2) is 0 Å². The summed E-state index contributed by atoms with van der Waals surface area (Å²) >= 11 is 0. The molecule has 4 N–H and O–H groups in total. The van der Waals surface area contributed by atoms with Gasteiger partial charge in [-0.3, -0.25) is 14.4 Å². The maximum absolute atomic E-state index is 14.9. The van der Waals surface area contributed by atoms with Gasteiger partial charge in [0.2, 0.25) is 11.8 Å². The van der Waals surface area contributed by atoms with Crippen LogP contribution in [0.1, 0.15) is 117 Å². The highest BCUT2D eigenvalue weighted by molar-refractivity contribution is 5.90. The number of hydrogen-bond acceptors (Lipinski definition) is 10. The number of fused-ring (bicyclic) bond motifs is 7. The minimum Gasteiger partial charge on any atom is -0.467 e. The molecule has 14 nitrogen and oxygen atoms in total. The van der Waals surface area contributed by atoms with E-state index in [2.05, 4.69) is 64.8 Å². The van der Waals surface area contributed by atoms with Crippen LogP contribution >= 0.6 is 0 Å². The molecule has 0 aliphatic heterocycles. The number of amides is 2. The van der Waals surface area contributed by atoms with Gasteiger partial charge in [0, 0.05) is 43.5 Å². The SMILES string of the molecule is C=C(C)[C@@H]1CC[C@]2(C(=O)N[C@@H](Cc3cnc[nH]3)C(=O)OC)CC[C@]3(C)[C@H](CC[C@@H]4[C@@]5(C)CC[C@@H](OC(C)=O)[C@@](C)(C(=O)N[C@@H](Cc6cnc[nH]6)C(=O)OC)[C@@H]5CC[C@]43C)[C@@H]12. The van der Waals surface area contributed by atoms with E-state index in [0.717, 1.165) is 62.6 Å². The van der Waals surface area contributed by atoms with Crippen LogP contribution in [0.3, 0.4) is 0 Å². The molecule has 14 heteroatoms. The van der Waals surface area contributed by atoms with E-state index >= 15 is 0 Å². The number of rotatable bonds is 12. The van der Waals surface area contributed by atoms with Crippen molar-refractivity contribution < 1.29 is 38.2 Å². The molecule has 328 valence electrons. The van der Waals surface area contributed by atoms with Crippen LogP contribution in [0.4, 0.5) is 0 Å². The molecule has 0 radical (unpaired) electrons. The third kappa shape index (κ3) is 6.87. The van der Waals surface area contributed by atoms with E-state index in [1.54, 1.807) is 18.7 Å². The monoisotopic (exact) mass is 830 g/mol. The molecule has 0 spiro atoms. The van der Waals surface area contributed by atoms with Gasteiger partial charge in [0.05, 0.1) is 37.7 Å². The Morgan fingerprint density at radius 2 is 1.35 bits per heavy atom. The number of imidazole rings is 2. The first-order valence-corrected chi connectivity index (χ1v) is 21.9. The Labute approximate surface area is 353 Å². The van der Waals surface area contributed by atoms with Gasteiger partial charge < -0.3 is 34.8 Å². The molecule has 0 saturated heterocycles. The Morgan fingerprint density at radius 1 is 0.750 bits per heavy atom. The van der Waals surface area contributed by atoms with Crippen molar-refractivity contribution in [2.75, 3.05) is 14.2 Å². The lowest BCUT2D eigenvalue weighted by Gasteiger charge is -2.72. The Kier molecular flexibility index (Phi) is 11.7. The van der Waals surface area contributed by atoms with E-state index in [1.807, 2.05) is 6.92 Å². The lowest BCUT2D eigenvalue weighted by atomic mass is 9.32. The molecule has 0 unspecified atom stereocenters. The van der Waals surface area contributed by atoms with Crippen molar-refractivity contribution >= 4 is 29.7 Å². The summed E-state index contributed by atoms with van der Waals surface area (Å²) in [5.41, 5.74) is 0.217. The highest BCUT2D eigenvalue weighted by Gasteiger charge is 2.73. The fourth-order valence-corrected chi connectivity index (χ4v) is 14.4. The molecular formula is C46H66N6O8. The van der Waals surface area contributed by atoms with Crippen molar-refractivity contribution in [2.24, 2.45) is 56.7 Å². The maximum Gasteiger partial charge on any atom is 0.328 e. The first kappa shape index (κ1) is 43.6. The molecule has 13 atom stereocenters. The Morgan fingerprint density at radius 3 is 1.88 bits per heavy atom. The van der Waals surface area contributed by atoms with Crippen LogP contribution in [-0.4, -0.2) is 82.1 Å². The number of ether oxygens (including phenoxy) is 3. The Hall–Kier alpha value is -4.49. The second kappa shape index (κ2) is 16.1. The third-order valence-corrected chi connectivity index (χ3v) is 17.5. The highest BCUT2D eigenvalue weighted by atomic mass is 16.5. The van der Waals surface area contributed by atoms with Gasteiger partial charge in [0.1, 0.15) is 18.2 Å². The van der Waals surface area contributed by atoms with E-state index in [0.29, 0.717) is 18.5 Å². The fourth-order valence-electron chi connectivity index (χ4n) is 14.4. The molecule has 5 saturated carbocycles. The first-order chi connectivity index (χ1) is 28.4. The predicted octanol–water partition coefficient (Wildman–Crippen LogP) is 5.80. The number of nitrogens with zero attached hydrogens (tertiary/aromatic N) is 2. The Bertz CT molecular complexity index is 1970. The topological polar surface area (TPSA) is 194 Å². The quantitative estimate of drug-likeness (QED) is 0.115. The largest absolute Gasteiger partial charge is 0.467 e. The first-order valence-electron chi connectivity index (χ1n) is 21.9. The van der Waals surface area contributed by atoms with Gasteiger partial charge in [-0.2, -0.15) is 0 Å². The summed E-state index contributed by atoms with van der Waals surface area (Å²) in [5, 5.41) is 6.25. The van der Waals surface area contributed by atoms with Crippen LogP contribution in [0.25, 0.3) is 0 Å². The number of aromatic nitrogens is 4. The minimum absolute atomic E-state index is 0.0587. The maximum atomic E-state index is 14.9. The number of aromatic amines is 2. The van der Waals surface area contributed by atoms with E-state index in [9.17, 15) is 24.0 Å². The zero-order chi connectivity index (χ0) is 43.4. The van der Waals surface area contributed by atoms with Gasteiger partial charge in [-0.25, -0.2) is 19.6 Å². The molecule has 60 heavy (non-hydrogen) atoms. The number of carbonyl (C=O) groups is 5. The third-order valence-electron chi connectivity index (χ3n) is 17.5. The number of H-pyrrole nitrogens is 2. The predicted molar refractivity (Wildman–Crippen MR) is 221 cm³/mol. The van der Waals surface area contributed by atoms with Crippen LogP contribution < -0.4 is 10.6 Å². The van der Waals surface area contributed by atoms with Gasteiger partial charge >= 0.3 is 17.9 Å². The minimum atomic E-state index is -1.12. The zero-order valence-corrected chi connectivity index (χ0v) is 36.8. The average molecular weight is 831 g/mol. The number of carbonyl (C=O) groups excluding carboxylic acids is 5. The molecule has 2 amide bonds. The van der Waals surface area contributed by atoms with Crippen molar-refractivity contribution in [1.82, 2.24) is 30.6 Å². The fraction of sp³-hybridized carbons (Fsp3) is 0.717. The molecular weight excluding hydrogens is 765 g/mol. The second-order valence-corrected chi connectivity index (χ2v) is 19.9. The van der Waals surface area contributed by atoms with E-state index in [1.165, 1.54) is 27.5 Å². The van der Waals surface area contributed by atoms with Gasteiger partial charge in [-0.1, -0.05) is 32.9 Å². The van der Waals surface area contributed by atoms with Crippen LogP contribution in [0, 0.1) is 56.7 Å². The second-order valence-electron chi connectivity index (χ2n) is 19.9. The summed E-state index contributed by atoms with van der Waals surface area (Å²) < 4.78 is 16.4. The van der Waals surface area contributed by atoms with E-state index in [4.69, 9.17) is 14.2 Å². The molecule has 2 heterocycles. The van der Waals surface area contributed by atoms with Crippen molar-refractivity contribution in [1.29, 1.82) is 0 Å². The molecule has 5 fully saturated rings. The normalized spacial score (nSPS) is 37.7. The summed E-state index contributed by atoms with van der Waals surface area (Å²) in [6, 6.07) is -1.81. The van der Waals surface area contributed by atoms with Gasteiger partial charge in [-0.15, -0.1) is 0 Å². The molecule has 7 rings (SSSR count). The lowest BCUT2D eigenvalue weighted by Crippen LogP contribution is -2.69. The summed E-state index contributed by atoms with van der Waals surface area (Å²) in [6.45, 7) is 17.2. The van der Waals surface area contributed by atoms with Crippen molar-refractivity contribution in [3.63, 3.8) is 0 Å². The average Bonchev–Trinajstić information content (AvgIpc) is 4.01. The molecule has 0 aromatic carbocycles. The van der Waals surface area contributed by atoms with Gasteiger partial charge in [-0.05, 0) is 124 Å².